The SMILES string of the molecule is CC(C)C[C@@H]1NC(=O)[C@H](CCCN)NC(=O)[C@H](C(C)C)NC(=O)[C@@H]2CCCN2C(=O)[C@@H](Cc2ccccc2)NC(=O)[C@H](CC(C)C)NC(=O)[C@H](CCCN)NC(=O)[C@H](C(C)C)NC(=O)[C@@H]2CCCN2C(=O)[C@@H](Cc2ccccc2)NC(=O)[C@H](CCCN=C(N)N)NC1=O. The highest BCUT2D eigenvalue weighted by molar-refractivity contribution is 6.00. The Kier molecular flexibility index (Phi) is 30.4. The number of amides is 11. The Labute approximate surface area is 547 Å². The van der Waals surface area contributed by atoms with Gasteiger partial charge in [0.1, 0.15) is 66.5 Å². The summed E-state index contributed by atoms with van der Waals surface area (Å²) in [5.41, 5.74) is 24.5. The lowest BCUT2D eigenvalue weighted by Crippen LogP contribution is -2.61. The standard InChI is InChI=1S/C66H104N16O11/c1-38(2)34-47-58(86)72-46(26-17-31-71-66(69)70)57(85)77-49(36-42-20-11-9-12-21-42)64(92)81-32-18-27-51(81)60(88)79-54(41(7)8)63(91)74-45(25-16-30-68)56(84)76-48(35-39(3)4)59(87)78-50(37-43-22-13-10-14-23-43)65(93)82-33-19-28-52(82)61(89)80-53(40(5)6)62(90)73-44(24-15-29-67)55(83)75-47/h9-14,20-23,38-41,44-54H,15-19,24-37,67-68H2,1-8H3,(H,72,86)(H,73,90)(H,74,91)(H,75,83)(H,76,84)(H,77,85)(H,78,87)(H,79,88)(H,80,89)(H4,69,70,71)/t44-,45-,46-,47-,48-,49+,50+,51-,52-,53-,54-/m0/s1. The normalized spacial score (nSPS) is 25.9. The summed E-state index contributed by atoms with van der Waals surface area (Å²) < 4.78 is 0. The van der Waals surface area contributed by atoms with E-state index in [9.17, 15) is 43.2 Å². The monoisotopic (exact) mass is 1300 g/mol. The minimum atomic E-state index is -1.34. The zero-order valence-corrected chi connectivity index (χ0v) is 55.5. The van der Waals surface area contributed by atoms with E-state index in [1.54, 1.807) is 88.4 Å². The van der Waals surface area contributed by atoms with Crippen LogP contribution < -0.4 is 70.8 Å². The van der Waals surface area contributed by atoms with E-state index in [-0.39, 0.29) is 128 Å². The first-order valence-corrected chi connectivity index (χ1v) is 33.1. The predicted molar refractivity (Wildman–Crippen MR) is 352 cm³/mol. The van der Waals surface area contributed by atoms with Crippen LogP contribution in [0.3, 0.4) is 0 Å². The molecule has 0 unspecified atom stereocenters. The van der Waals surface area contributed by atoms with Crippen LogP contribution in [0.5, 0.6) is 0 Å². The third-order valence-corrected chi connectivity index (χ3v) is 16.9. The Hall–Kier alpha value is -8.20. The van der Waals surface area contributed by atoms with E-state index < -0.39 is 143 Å². The number of hydrogen-bond donors (Lipinski definition) is 13. The molecule has 0 aromatic heterocycles. The first-order valence-electron chi connectivity index (χ1n) is 33.1. The average molecular weight is 1300 g/mol. The van der Waals surface area contributed by atoms with E-state index in [0.717, 1.165) is 0 Å². The van der Waals surface area contributed by atoms with Gasteiger partial charge in [-0.3, -0.25) is 57.7 Å². The van der Waals surface area contributed by atoms with Crippen molar-refractivity contribution >= 4 is 70.9 Å². The molecule has 3 heterocycles. The highest BCUT2D eigenvalue weighted by atomic mass is 16.2. The largest absolute Gasteiger partial charge is 0.370 e. The first-order chi connectivity index (χ1) is 44.2. The van der Waals surface area contributed by atoms with Crippen LogP contribution in [0.2, 0.25) is 0 Å². The van der Waals surface area contributed by atoms with E-state index >= 15 is 9.59 Å². The maximum atomic E-state index is 15.1. The third-order valence-electron chi connectivity index (χ3n) is 16.9. The number of nitrogens with zero attached hydrogens (tertiary/aromatic N) is 3. The van der Waals surface area contributed by atoms with Gasteiger partial charge in [-0.25, -0.2) is 0 Å². The predicted octanol–water partition coefficient (Wildman–Crippen LogP) is -0.234. The summed E-state index contributed by atoms with van der Waals surface area (Å²) in [5, 5.41) is 25.5. The summed E-state index contributed by atoms with van der Waals surface area (Å²) >= 11 is 0. The zero-order valence-electron chi connectivity index (χ0n) is 55.5. The second-order valence-corrected chi connectivity index (χ2v) is 26.2. The molecule has 17 N–H and O–H groups in total. The molecular formula is C66H104N16O11. The number of fused-ring (bicyclic) bond motifs is 2. The molecule has 27 nitrogen and oxygen atoms in total. The third kappa shape index (κ3) is 23.4. The number of nitrogens with one attached hydrogen (secondary N) is 9. The molecule has 0 aliphatic carbocycles. The van der Waals surface area contributed by atoms with Crippen molar-refractivity contribution in [3.63, 3.8) is 0 Å². The zero-order chi connectivity index (χ0) is 68.5. The lowest BCUT2D eigenvalue weighted by molar-refractivity contribution is -0.143. The number of carbonyl (C=O) groups excluding carboxylic acids is 11. The maximum Gasteiger partial charge on any atom is 0.246 e. The Morgan fingerprint density at radius 1 is 0.430 bits per heavy atom. The minimum Gasteiger partial charge on any atom is -0.370 e. The van der Waals surface area contributed by atoms with Gasteiger partial charge in [-0.15, -0.1) is 0 Å². The number of carbonyl (C=O) groups is 11. The molecule has 3 aliphatic heterocycles. The van der Waals surface area contributed by atoms with Crippen molar-refractivity contribution in [2.24, 2.45) is 51.6 Å². The molecular weight excluding hydrogens is 1190 g/mol. The molecule has 11 amide bonds. The molecule has 3 saturated heterocycles. The second-order valence-electron chi connectivity index (χ2n) is 26.2. The van der Waals surface area contributed by atoms with E-state index in [4.69, 9.17) is 22.9 Å². The van der Waals surface area contributed by atoms with Crippen molar-refractivity contribution < 1.29 is 52.7 Å². The number of aliphatic imine (C=N–C) groups is 1. The van der Waals surface area contributed by atoms with Crippen LogP contribution in [0.4, 0.5) is 0 Å². The van der Waals surface area contributed by atoms with Gasteiger partial charge in [-0.2, -0.15) is 0 Å². The van der Waals surface area contributed by atoms with Gasteiger partial charge in [0.05, 0.1) is 0 Å². The van der Waals surface area contributed by atoms with Crippen molar-refractivity contribution in [1.29, 1.82) is 0 Å². The number of nitrogens with two attached hydrogens (primary N) is 4. The molecule has 2 aromatic carbocycles. The highest BCUT2D eigenvalue weighted by Crippen LogP contribution is 2.24. The van der Waals surface area contributed by atoms with Gasteiger partial charge in [0, 0.05) is 32.5 Å². The molecule has 0 bridgehead atoms. The number of guanidine groups is 1. The van der Waals surface area contributed by atoms with Gasteiger partial charge >= 0.3 is 0 Å². The Morgan fingerprint density at radius 2 is 0.753 bits per heavy atom. The van der Waals surface area contributed by atoms with E-state index in [1.807, 2.05) is 27.7 Å². The fourth-order valence-corrected chi connectivity index (χ4v) is 11.9. The molecule has 0 spiro atoms. The smallest absolute Gasteiger partial charge is 0.246 e. The van der Waals surface area contributed by atoms with Gasteiger partial charge < -0.3 is 80.6 Å². The highest BCUT2D eigenvalue weighted by Gasteiger charge is 2.43. The van der Waals surface area contributed by atoms with Gasteiger partial charge in [0.25, 0.3) is 0 Å². The number of hydrogen-bond acceptors (Lipinski definition) is 14. The minimum absolute atomic E-state index is 0.00358. The molecule has 2 aromatic rings. The number of benzene rings is 2. The number of rotatable bonds is 20. The summed E-state index contributed by atoms with van der Waals surface area (Å²) in [5.74, 6) is -9.38. The summed E-state index contributed by atoms with van der Waals surface area (Å²) in [4.78, 5) is 169. The first kappa shape index (κ1) is 75.5. The molecule has 11 atom stereocenters. The van der Waals surface area contributed by atoms with Crippen molar-refractivity contribution in [3.05, 3.63) is 71.8 Å². The Bertz CT molecular complexity index is 2870. The molecule has 3 fully saturated rings. The van der Waals surface area contributed by atoms with Gasteiger partial charge in [-0.05, 0) is 125 Å². The van der Waals surface area contributed by atoms with Gasteiger partial charge in [0.2, 0.25) is 65.0 Å². The van der Waals surface area contributed by atoms with Crippen LogP contribution in [0, 0.1) is 23.7 Å². The quantitative estimate of drug-likeness (QED) is 0.0463. The lowest BCUT2D eigenvalue weighted by atomic mass is 9.99. The van der Waals surface area contributed by atoms with Gasteiger partial charge in [-0.1, -0.05) is 116 Å². The average Bonchev–Trinajstić information content (AvgIpc) is 1.79. The van der Waals surface area contributed by atoms with Crippen LogP contribution in [0.1, 0.15) is 144 Å². The topological polar surface area (TPSA) is 419 Å². The fraction of sp³-hybridized carbons (Fsp3) is 0.636. The second kappa shape index (κ2) is 37.5. The van der Waals surface area contributed by atoms with Gasteiger partial charge in [0.15, 0.2) is 5.96 Å². The maximum absolute atomic E-state index is 15.1. The van der Waals surface area contributed by atoms with Crippen LogP contribution in [-0.4, -0.2) is 180 Å². The Morgan fingerprint density at radius 3 is 1.09 bits per heavy atom. The fourth-order valence-electron chi connectivity index (χ4n) is 11.9. The molecule has 3 aliphatic rings. The van der Waals surface area contributed by atoms with E-state index in [2.05, 4.69) is 52.8 Å². The summed E-state index contributed by atoms with van der Waals surface area (Å²) in [6, 6.07) is 4.18. The van der Waals surface area contributed by atoms with Crippen molar-refractivity contribution in [1.82, 2.24) is 57.7 Å². The van der Waals surface area contributed by atoms with Crippen molar-refractivity contribution in [3.8, 4) is 0 Å². The molecule has 27 heteroatoms. The molecule has 93 heavy (non-hydrogen) atoms. The summed E-state index contributed by atoms with van der Waals surface area (Å²) in [6.07, 6.45) is 2.07. The van der Waals surface area contributed by atoms with Crippen molar-refractivity contribution in [2.75, 3.05) is 32.7 Å². The van der Waals surface area contributed by atoms with Crippen LogP contribution in [0.25, 0.3) is 0 Å². The molecule has 0 saturated carbocycles. The van der Waals surface area contributed by atoms with Crippen LogP contribution >= 0.6 is 0 Å². The summed E-state index contributed by atoms with van der Waals surface area (Å²) in [7, 11) is 0. The molecule has 514 valence electrons. The van der Waals surface area contributed by atoms with E-state index in [1.165, 1.54) is 9.80 Å². The Balaban J connectivity index is 1.61. The molecule has 5 rings (SSSR count). The summed E-state index contributed by atoms with van der Waals surface area (Å²) in [6.45, 7) is 14.8. The van der Waals surface area contributed by atoms with E-state index in [0.29, 0.717) is 24.0 Å². The molecule has 0 radical (unpaired) electrons. The lowest BCUT2D eigenvalue weighted by Gasteiger charge is -2.32. The van der Waals surface area contributed by atoms with Crippen molar-refractivity contribution in [2.45, 2.75) is 212 Å². The van der Waals surface area contributed by atoms with Crippen LogP contribution in [-0.2, 0) is 65.6 Å². The van der Waals surface area contributed by atoms with Crippen LogP contribution in [0.15, 0.2) is 65.7 Å².